The number of benzene rings is 6. The van der Waals surface area contributed by atoms with E-state index in [1.165, 1.54) is 6.07 Å². The lowest BCUT2D eigenvalue weighted by atomic mass is 9.85. The van der Waals surface area contributed by atoms with E-state index < -0.39 is 11.7 Å². The van der Waals surface area contributed by atoms with Crippen molar-refractivity contribution in [3.63, 3.8) is 0 Å². The van der Waals surface area contributed by atoms with E-state index in [1.807, 2.05) is 18.2 Å². The summed E-state index contributed by atoms with van der Waals surface area (Å²) in [6.07, 6.45) is -4.69. The summed E-state index contributed by atoms with van der Waals surface area (Å²) in [6.45, 7) is 26.2. The Morgan fingerprint density at radius 2 is 0.710 bits per heavy atom. The first kappa shape index (κ1) is 42.4. The number of hydrogen-bond donors (Lipinski definition) is 0. The predicted octanol–water partition coefficient (Wildman–Crippen LogP) is 15.5. The third-order valence-corrected chi connectivity index (χ3v) is 12.4. The lowest BCUT2D eigenvalue weighted by molar-refractivity contribution is -0.137. The Labute approximate surface area is 362 Å². The Hall–Kier alpha value is -6.31. The highest BCUT2D eigenvalue weighted by atomic mass is 19.4. The maximum absolute atomic E-state index is 14.5. The summed E-state index contributed by atoms with van der Waals surface area (Å²) in [5, 5.41) is 25.6. The molecule has 2 heterocycles. The minimum Gasteiger partial charge on any atom is -0.308 e. The monoisotopic (exact) mass is 826 g/mol. The van der Waals surface area contributed by atoms with Gasteiger partial charge in [0, 0.05) is 21.5 Å². The summed E-state index contributed by atoms with van der Waals surface area (Å²) in [5.74, 6) is 0. The molecule has 0 saturated carbocycles. The molecule has 0 unspecified atom stereocenters. The van der Waals surface area contributed by atoms with Gasteiger partial charge in [0.2, 0.25) is 0 Å². The normalized spacial score (nSPS) is 13.0. The highest BCUT2D eigenvalue weighted by Gasteiger charge is 2.32. The molecule has 0 N–H and O–H groups in total. The molecule has 0 aliphatic heterocycles. The summed E-state index contributed by atoms with van der Waals surface area (Å²) >= 11 is 0. The summed E-state index contributed by atoms with van der Waals surface area (Å²) < 4.78 is 47.8. The van der Waals surface area contributed by atoms with Gasteiger partial charge in [-0.3, -0.25) is 0 Å². The Morgan fingerprint density at radius 3 is 0.984 bits per heavy atom. The van der Waals surface area contributed by atoms with E-state index in [4.69, 9.17) is 0 Å². The van der Waals surface area contributed by atoms with Crippen LogP contribution in [0.2, 0.25) is 0 Å². The Kier molecular flexibility index (Phi) is 9.65. The lowest BCUT2D eigenvalue weighted by Gasteiger charge is -2.21. The largest absolute Gasteiger partial charge is 0.416 e. The summed E-state index contributed by atoms with van der Waals surface area (Å²) in [5.41, 5.74) is 8.56. The van der Waals surface area contributed by atoms with Gasteiger partial charge in [0.25, 0.3) is 0 Å². The highest BCUT2D eigenvalue weighted by molar-refractivity contribution is 6.12. The zero-order valence-corrected chi connectivity index (χ0v) is 37.7. The van der Waals surface area contributed by atoms with Crippen molar-refractivity contribution < 1.29 is 13.2 Å². The van der Waals surface area contributed by atoms with E-state index >= 15 is 0 Å². The average molecular weight is 827 g/mol. The minimum atomic E-state index is -4.69. The minimum absolute atomic E-state index is 0.107. The van der Waals surface area contributed by atoms with Gasteiger partial charge in [0.1, 0.15) is 11.6 Å². The van der Waals surface area contributed by atoms with Crippen LogP contribution in [0.25, 0.3) is 66.1 Å². The second-order valence-corrected chi connectivity index (χ2v) is 21.0. The van der Waals surface area contributed by atoms with Gasteiger partial charge in [-0.05, 0) is 134 Å². The second kappa shape index (κ2) is 14.1. The van der Waals surface area contributed by atoms with Crippen molar-refractivity contribution in [1.82, 2.24) is 9.13 Å². The molecule has 2 aromatic heterocycles. The van der Waals surface area contributed by atoms with E-state index in [2.05, 4.69) is 171 Å². The number of rotatable bonds is 3. The molecule has 0 aliphatic rings. The van der Waals surface area contributed by atoms with Gasteiger partial charge >= 0.3 is 6.18 Å². The fourth-order valence-corrected chi connectivity index (χ4v) is 8.70. The first-order chi connectivity index (χ1) is 28.8. The van der Waals surface area contributed by atoms with E-state index in [-0.39, 0.29) is 32.8 Å². The number of halogens is 3. The number of nitrogens with zero attached hydrogens (tertiary/aromatic N) is 4. The quantitative estimate of drug-likeness (QED) is 0.178. The van der Waals surface area contributed by atoms with Crippen LogP contribution in [0.3, 0.4) is 0 Å². The van der Waals surface area contributed by atoms with E-state index in [0.29, 0.717) is 22.5 Å². The van der Waals surface area contributed by atoms with Crippen molar-refractivity contribution in [2.24, 2.45) is 0 Å². The van der Waals surface area contributed by atoms with Crippen molar-refractivity contribution in [2.75, 3.05) is 0 Å². The van der Waals surface area contributed by atoms with Gasteiger partial charge in [-0.2, -0.15) is 23.7 Å². The molecule has 6 aromatic carbocycles. The molecule has 8 rings (SSSR count). The molecular weight excluding hydrogens is 774 g/mol. The van der Waals surface area contributed by atoms with Crippen LogP contribution in [0.1, 0.15) is 122 Å². The first-order valence-electron chi connectivity index (χ1n) is 21.2. The molecule has 8 aromatic rings. The topological polar surface area (TPSA) is 57.4 Å². The number of fused-ring (bicyclic) bond motifs is 6. The van der Waals surface area contributed by atoms with Crippen molar-refractivity contribution in [3.8, 4) is 34.6 Å². The fraction of sp³-hybridized carbons (Fsp3) is 0.309. The van der Waals surface area contributed by atoms with Gasteiger partial charge in [0.15, 0.2) is 0 Å². The van der Waals surface area contributed by atoms with E-state index in [0.717, 1.165) is 78.0 Å². The highest BCUT2D eigenvalue weighted by Crippen LogP contribution is 2.44. The standard InChI is InChI=1S/C55H53F3N4/c1-51(2,3)35-13-17-45-40(26-35)41-27-36(52(4,5)6)14-18-46(41)61(45)49-24-34(33-21-32(30-59)22-39(23-33)55(56,57)58)25-50(44(49)31-60)62-47-19-15-37(53(7,8)9)28-42(47)43-29-38(54(10,11)12)16-20-48(43)62/h13-29H,1-12H3. The molecule has 0 bridgehead atoms. The fourth-order valence-electron chi connectivity index (χ4n) is 8.70. The van der Waals surface area contributed by atoms with Crippen LogP contribution in [-0.2, 0) is 27.8 Å². The molecule has 62 heavy (non-hydrogen) atoms. The molecule has 0 radical (unpaired) electrons. The van der Waals surface area contributed by atoms with Crippen molar-refractivity contribution >= 4 is 43.6 Å². The smallest absolute Gasteiger partial charge is 0.308 e. The number of alkyl halides is 3. The summed E-state index contributed by atoms with van der Waals surface area (Å²) in [6, 6.07) is 37.5. The zero-order valence-electron chi connectivity index (χ0n) is 37.7. The molecular formula is C55H53F3N4. The van der Waals surface area contributed by atoms with E-state index in [9.17, 15) is 23.7 Å². The molecule has 4 nitrogen and oxygen atoms in total. The molecule has 0 aliphatic carbocycles. The molecule has 0 spiro atoms. The predicted molar refractivity (Wildman–Crippen MR) is 250 cm³/mol. The van der Waals surface area contributed by atoms with Gasteiger partial charge in [-0.1, -0.05) is 107 Å². The number of nitriles is 2. The Balaban J connectivity index is 1.58. The lowest BCUT2D eigenvalue weighted by Crippen LogP contribution is -2.11. The van der Waals surface area contributed by atoms with Crippen LogP contribution in [0.15, 0.2) is 103 Å². The average Bonchev–Trinajstić information content (AvgIpc) is 3.69. The van der Waals surface area contributed by atoms with Crippen LogP contribution < -0.4 is 0 Å². The molecule has 0 fully saturated rings. The third kappa shape index (κ3) is 7.22. The van der Waals surface area contributed by atoms with Gasteiger partial charge in [-0.25, -0.2) is 0 Å². The molecule has 0 amide bonds. The SMILES string of the molecule is CC(C)(C)c1ccc2c(c1)c1cc(C(C)(C)C)ccc1n2-c1cc(-c2cc(C#N)cc(C(F)(F)F)c2)cc(-n2c3ccc(C(C)(C)C)cc3c3cc(C(C)(C)C)ccc32)c1C#N. The number of aromatic nitrogens is 2. The molecule has 7 heteroatoms. The van der Waals surface area contributed by atoms with Crippen LogP contribution in [0.5, 0.6) is 0 Å². The van der Waals surface area contributed by atoms with Crippen molar-refractivity contribution in [1.29, 1.82) is 10.5 Å². The Morgan fingerprint density at radius 1 is 0.387 bits per heavy atom. The maximum atomic E-state index is 14.5. The Bertz CT molecular complexity index is 2910. The molecule has 0 saturated heterocycles. The zero-order chi connectivity index (χ0) is 45.1. The van der Waals surface area contributed by atoms with Crippen molar-refractivity contribution in [3.05, 3.63) is 142 Å². The van der Waals surface area contributed by atoms with Crippen LogP contribution in [-0.4, -0.2) is 9.13 Å². The van der Waals surface area contributed by atoms with Crippen LogP contribution in [0.4, 0.5) is 13.2 Å². The van der Waals surface area contributed by atoms with Gasteiger partial charge in [-0.15, -0.1) is 0 Å². The molecule has 314 valence electrons. The number of hydrogen-bond acceptors (Lipinski definition) is 2. The van der Waals surface area contributed by atoms with Crippen LogP contribution >= 0.6 is 0 Å². The maximum Gasteiger partial charge on any atom is 0.416 e. The molecule has 0 atom stereocenters. The van der Waals surface area contributed by atoms with Crippen molar-refractivity contribution in [2.45, 2.75) is 111 Å². The third-order valence-electron chi connectivity index (χ3n) is 12.4. The first-order valence-corrected chi connectivity index (χ1v) is 21.2. The van der Waals surface area contributed by atoms with E-state index in [1.54, 1.807) is 0 Å². The second-order valence-electron chi connectivity index (χ2n) is 21.0. The van der Waals surface area contributed by atoms with Crippen LogP contribution in [0, 0.1) is 22.7 Å². The van der Waals surface area contributed by atoms with Gasteiger partial charge < -0.3 is 9.13 Å². The summed E-state index contributed by atoms with van der Waals surface area (Å²) in [4.78, 5) is 0. The summed E-state index contributed by atoms with van der Waals surface area (Å²) in [7, 11) is 0. The van der Waals surface area contributed by atoms with Gasteiger partial charge in [0.05, 0.1) is 50.6 Å².